The lowest BCUT2D eigenvalue weighted by Gasteiger charge is -2.47. The number of carbonyl (C=O) groups is 2. The van der Waals surface area contributed by atoms with Crippen LogP contribution in [0, 0.1) is 0 Å². The van der Waals surface area contributed by atoms with Crippen molar-refractivity contribution in [1.82, 2.24) is 4.90 Å². The van der Waals surface area contributed by atoms with Gasteiger partial charge in [-0.2, -0.15) is 0 Å². The number of rotatable bonds is 4. The van der Waals surface area contributed by atoms with Gasteiger partial charge in [0.1, 0.15) is 23.4 Å². The number of nitrogens with zero attached hydrogens (tertiary/aromatic N) is 1. The van der Waals surface area contributed by atoms with E-state index in [4.69, 9.17) is 14.2 Å². The normalized spacial score (nSPS) is 33.2. The molecule has 2 fully saturated rings. The minimum atomic E-state index is -1.82. The maximum absolute atomic E-state index is 13.6. The van der Waals surface area contributed by atoms with Crippen molar-refractivity contribution in [2.24, 2.45) is 0 Å². The van der Waals surface area contributed by atoms with Crippen LogP contribution in [-0.4, -0.2) is 104 Å². The Labute approximate surface area is 241 Å². The molecule has 0 aromatic heterocycles. The number of phenols is 3. The smallest absolute Gasteiger partial charge is 0.202 e. The quantitative estimate of drug-likeness (QED) is 0.242. The number of ether oxygens (including phenoxy) is 3. The summed E-state index contributed by atoms with van der Waals surface area (Å²) in [5.41, 5.74) is -3.80. The molecular weight excluding hydrogens is 550 g/mol. The largest absolute Gasteiger partial charge is 0.507 e. The van der Waals surface area contributed by atoms with Crippen LogP contribution < -0.4 is 0 Å². The lowest BCUT2D eigenvalue weighted by atomic mass is 9.70. The molecule has 0 radical (unpaired) electrons. The third kappa shape index (κ3) is 4.32. The van der Waals surface area contributed by atoms with Gasteiger partial charge in [0, 0.05) is 48.7 Å². The average molecular weight is 586 g/mol. The molecule has 7 atom stereocenters. The van der Waals surface area contributed by atoms with Crippen molar-refractivity contribution >= 4 is 11.6 Å². The fourth-order valence-corrected chi connectivity index (χ4v) is 6.86. The van der Waals surface area contributed by atoms with E-state index in [1.807, 2.05) is 0 Å². The summed E-state index contributed by atoms with van der Waals surface area (Å²) in [5, 5.41) is 67.1. The molecular formula is C30H35NO11. The number of hydrogen-bond donors (Lipinski definition) is 6. The highest BCUT2D eigenvalue weighted by Crippen LogP contribution is 2.56. The second-order valence-electron chi connectivity index (χ2n) is 11.5. The standard InChI is InChI=1S/C30H35NO11/c1-3-30(39)12-17(42-18-11-15(24(33)13(2)41-18)31-7-9-40-10-8-31)20-23(29(30)38)28(37)21-22(27(20)36)26(35)19-14(25(21)34)5-4-6-16(19)32/h4-6,13,15,17-18,24,29,32-33,36-39H,3,7-12H2,1-2H3/t13?,15?,17-,18?,24?,29-,30-/m1/s1. The number of phenolic OH excluding ortho intramolecular Hbond substituents is 3. The summed E-state index contributed by atoms with van der Waals surface area (Å²) in [6.07, 6.45) is -5.23. The summed E-state index contributed by atoms with van der Waals surface area (Å²) >= 11 is 0. The first kappa shape index (κ1) is 29.0. The highest BCUT2D eigenvalue weighted by atomic mass is 16.7. The summed E-state index contributed by atoms with van der Waals surface area (Å²) < 4.78 is 17.8. The molecule has 0 spiro atoms. The molecule has 2 aliphatic carbocycles. The minimum absolute atomic E-state index is 0.0331. The number of aliphatic hydroxyl groups is 3. The summed E-state index contributed by atoms with van der Waals surface area (Å²) in [5.74, 6) is -3.61. The first-order chi connectivity index (χ1) is 20.0. The average Bonchev–Trinajstić information content (AvgIpc) is 2.97. The van der Waals surface area contributed by atoms with E-state index in [1.54, 1.807) is 13.8 Å². The highest BCUT2D eigenvalue weighted by molar-refractivity contribution is 6.31. The molecule has 12 nitrogen and oxygen atoms in total. The van der Waals surface area contributed by atoms with Crippen LogP contribution in [0.3, 0.4) is 0 Å². The number of fused-ring (bicyclic) bond motifs is 3. The van der Waals surface area contributed by atoms with Crippen LogP contribution in [0.4, 0.5) is 0 Å². The van der Waals surface area contributed by atoms with Gasteiger partial charge in [-0.05, 0) is 19.4 Å². The molecule has 2 aliphatic heterocycles. The van der Waals surface area contributed by atoms with Gasteiger partial charge < -0.3 is 44.8 Å². The van der Waals surface area contributed by atoms with Crippen molar-refractivity contribution in [3.8, 4) is 17.2 Å². The van der Waals surface area contributed by atoms with Crippen LogP contribution in [0.25, 0.3) is 0 Å². The van der Waals surface area contributed by atoms with Gasteiger partial charge in [-0.3, -0.25) is 14.5 Å². The molecule has 0 amide bonds. The molecule has 6 N–H and O–H groups in total. The highest BCUT2D eigenvalue weighted by Gasteiger charge is 2.52. The third-order valence-corrected chi connectivity index (χ3v) is 9.25. The van der Waals surface area contributed by atoms with Crippen molar-refractivity contribution in [3.05, 3.63) is 51.6 Å². The zero-order chi connectivity index (χ0) is 30.1. The van der Waals surface area contributed by atoms with Gasteiger partial charge in [0.15, 0.2) is 12.1 Å². The molecule has 6 rings (SSSR count). The van der Waals surface area contributed by atoms with E-state index in [9.17, 15) is 40.2 Å². The van der Waals surface area contributed by atoms with E-state index in [0.29, 0.717) is 26.3 Å². The monoisotopic (exact) mass is 585 g/mol. The zero-order valence-corrected chi connectivity index (χ0v) is 23.3. The lowest BCUT2D eigenvalue weighted by Crippen LogP contribution is -2.58. The van der Waals surface area contributed by atoms with Crippen LogP contribution in [0.5, 0.6) is 17.2 Å². The summed E-state index contributed by atoms with van der Waals surface area (Å²) in [6.45, 7) is 5.61. The van der Waals surface area contributed by atoms with Gasteiger partial charge in [0.25, 0.3) is 0 Å². The SMILES string of the molecule is CC[C@@]1(O)C[C@@H](OC2CC(N3CCOCC3)C(O)C(C)O2)c2c(O)c3c(c(O)c2[C@H]1O)C(=O)c1cccc(O)c1C3=O. The first-order valence-electron chi connectivity index (χ1n) is 14.2. The summed E-state index contributed by atoms with van der Waals surface area (Å²) in [6, 6.07) is 3.60. The van der Waals surface area contributed by atoms with Crippen molar-refractivity contribution < 1.29 is 54.4 Å². The molecule has 2 aromatic rings. The molecule has 2 aromatic carbocycles. The first-order valence-corrected chi connectivity index (χ1v) is 14.2. The molecule has 226 valence electrons. The van der Waals surface area contributed by atoms with Crippen LogP contribution in [0.15, 0.2) is 18.2 Å². The molecule has 0 bridgehead atoms. The molecule has 12 heteroatoms. The summed E-state index contributed by atoms with van der Waals surface area (Å²) in [7, 11) is 0. The Hall–Kier alpha value is -3.10. The van der Waals surface area contributed by atoms with E-state index in [0.717, 1.165) is 0 Å². The maximum Gasteiger partial charge on any atom is 0.202 e. The van der Waals surface area contributed by atoms with Gasteiger partial charge >= 0.3 is 0 Å². The molecule has 4 unspecified atom stereocenters. The molecule has 42 heavy (non-hydrogen) atoms. The summed E-state index contributed by atoms with van der Waals surface area (Å²) in [4.78, 5) is 29.2. The lowest BCUT2D eigenvalue weighted by molar-refractivity contribution is -0.264. The number of aromatic hydroxyl groups is 3. The van der Waals surface area contributed by atoms with E-state index in [2.05, 4.69) is 4.90 Å². The number of benzene rings is 2. The molecule has 0 saturated carbocycles. The minimum Gasteiger partial charge on any atom is -0.507 e. The van der Waals surface area contributed by atoms with Crippen molar-refractivity contribution in [1.29, 1.82) is 0 Å². The zero-order valence-electron chi connectivity index (χ0n) is 23.3. The molecule has 4 aliphatic rings. The van der Waals surface area contributed by atoms with Crippen LogP contribution in [0.2, 0.25) is 0 Å². The van der Waals surface area contributed by atoms with Crippen LogP contribution >= 0.6 is 0 Å². The number of carbonyl (C=O) groups excluding carboxylic acids is 2. The number of morpholine rings is 1. The maximum atomic E-state index is 13.6. The van der Waals surface area contributed by atoms with Gasteiger partial charge in [-0.25, -0.2) is 0 Å². The predicted octanol–water partition coefficient (Wildman–Crippen LogP) is 1.41. The number of ketones is 2. The molecule has 2 saturated heterocycles. The van der Waals surface area contributed by atoms with Crippen molar-refractivity contribution in [2.75, 3.05) is 26.3 Å². The van der Waals surface area contributed by atoms with E-state index in [1.165, 1.54) is 18.2 Å². The van der Waals surface area contributed by atoms with Crippen LogP contribution in [-0.2, 0) is 14.2 Å². The Bertz CT molecular complexity index is 1440. The van der Waals surface area contributed by atoms with E-state index in [-0.39, 0.29) is 47.6 Å². The Morgan fingerprint density at radius 1 is 1.00 bits per heavy atom. The van der Waals surface area contributed by atoms with Crippen LogP contribution in [0.1, 0.15) is 88.3 Å². The molecule has 2 heterocycles. The Morgan fingerprint density at radius 3 is 2.36 bits per heavy atom. The van der Waals surface area contributed by atoms with Gasteiger partial charge in [0.2, 0.25) is 5.78 Å². The van der Waals surface area contributed by atoms with Crippen molar-refractivity contribution in [3.63, 3.8) is 0 Å². The fraction of sp³-hybridized carbons (Fsp3) is 0.533. The Balaban J connectivity index is 1.44. The van der Waals surface area contributed by atoms with Gasteiger partial charge in [-0.1, -0.05) is 19.1 Å². The van der Waals surface area contributed by atoms with Crippen molar-refractivity contribution in [2.45, 2.75) is 75.5 Å². The number of hydrogen-bond acceptors (Lipinski definition) is 12. The second-order valence-corrected chi connectivity index (χ2v) is 11.5. The van der Waals surface area contributed by atoms with Gasteiger partial charge in [0.05, 0.1) is 53.8 Å². The second kappa shape index (κ2) is 10.6. The van der Waals surface area contributed by atoms with Gasteiger partial charge in [-0.15, -0.1) is 0 Å². The Morgan fingerprint density at radius 2 is 1.67 bits per heavy atom. The van der Waals surface area contributed by atoms with E-state index < -0.39 is 76.2 Å². The third-order valence-electron chi connectivity index (χ3n) is 9.25. The Kier molecular flexibility index (Phi) is 7.29. The topological polar surface area (TPSA) is 186 Å². The van der Waals surface area contributed by atoms with E-state index >= 15 is 0 Å². The fourth-order valence-electron chi connectivity index (χ4n) is 6.86. The predicted molar refractivity (Wildman–Crippen MR) is 145 cm³/mol. The number of aliphatic hydroxyl groups excluding tert-OH is 2.